The maximum atomic E-state index is 12.2. The number of carbonyl (C=O) groups excluding carboxylic acids is 1. The number of hydrogen-bond donors (Lipinski definition) is 1. The Morgan fingerprint density at radius 1 is 1.13 bits per heavy atom. The first kappa shape index (κ1) is 15.6. The highest BCUT2D eigenvalue weighted by Crippen LogP contribution is 2.25. The molecule has 0 unspecified atom stereocenters. The molecule has 1 amide bonds. The largest absolute Gasteiger partial charge is 0.490 e. The topological polar surface area (TPSA) is 38.3 Å². The van der Waals surface area contributed by atoms with Crippen molar-refractivity contribution in [3.8, 4) is 5.75 Å². The van der Waals surface area contributed by atoms with Crippen LogP contribution >= 0.6 is 0 Å². The van der Waals surface area contributed by atoms with Gasteiger partial charge in [0.2, 0.25) is 5.91 Å². The first-order valence-corrected chi connectivity index (χ1v) is 8.32. The van der Waals surface area contributed by atoms with Crippen LogP contribution in [0.2, 0.25) is 0 Å². The normalized spacial score (nSPS) is 14.7. The second kappa shape index (κ2) is 7.32. The Morgan fingerprint density at radius 3 is 2.70 bits per heavy atom. The Hall–Kier alpha value is -2.29. The van der Waals surface area contributed by atoms with Crippen molar-refractivity contribution in [1.29, 1.82) is 0 Å². The highest BCUT2D eigenvalue weighted by Gasteiger charge is 2.16. The molecule has 0 bridgehead atoms. The van der Waals surface area contributed by atoms with Crippen LogP contribution in [-0.4, -0.2) is 12.0 Å². The molecule has 0 aliphatic heterocycles. The third-order valence-electron chi connectivity index (χ3n) is 4.34. The summed E-state index contributed by atoms with van der Waals surface area (Å²) in [6, 6.07) is 15.7. The summed E-state index contributed by atoms with van der Waals surface area (Å²) in [6.07, 6.45) is 5.47. The summed E-state index contributed by atoms with van der Waals surface area (Å²) in [7, 11) is 0. The molecule has 1 aliphatic rings. The summed E-state index contributed by atoms with van der Waals surface area (Å²) in [4.78, 5) is 12.2. The van der Waals surface area contributed by atoms with Crippen molar-refractivity contribution in [3.63, 3.8) is 0 Å². The van der Waals surface area contributed by atoms with Crippen molar-refractivity contribution >= 4 is 11.6 Å². The molecule has 0 saturated heterocycles. The Bertz CT molecular complexity index is 675. The first-order valence-electron chi connectivity index (χ1n) is 8.32. The average Bonchev–Trinajstić information content (AvgIpc) is 3.03. The van der Waals surface area contributed by atoms with E-state index in [4.69, 9.17) is 4.74 Å². The molecule has 3 rings (SSSR count). The van der Waals surface area contributed by atoms with Gasteiger partial charge in [-0.3, -0.25) is 4.79 Å². The molecule has 0 radical (unpaired) electrons. The van der Waals surface area contributed by atoms with Crippen LogP contribution in [0, 0.1) is 6.92 Å². The second-order valence-electron chi connectivity index (χ2n) is 6.20. The van der Waals surface area contributed by atoms with E-state index in [1.54, 1.807) is 0 Å². The number of ether oxygens (including phenoxy) is 1. The SMILES string of the molecule is Cc1ccccc1CC(=O)Nc1cccc(OC2CCCC2)c1. The van der Waals surface area contributed by atoms with Crippen molar-refractivity contribution in [2.75, 3.05) is 5.32 Å². The smallest absolute Gasteiger partial charge is 0.228 e. The van der Waals surface area contributed by atoms with E-state index in [0.717, 1.165) is 35.4 Å². The van der Waals surface area contributed by atoms with Gasteiger partial charge in [0.25, 0.3) is 0 Å². The van der Waals surface area contributed by atoms with E-state index in [1.165, 1.54) is 12.8 Å². The van der Waals surface area contributed by atoms with Gasteiger partial charge in [-0.15, -0.1) is 0 Å². The maximum absolute atomic E-state index is 12.2. The minimum atomic E-state index is -0.00248. The van der Waals surface area contributed by atoms with Crippen LogP contribution in [0.25, 0.3) is 0 Å². The Morgan fingerprint density at radius 2 is 1.91 bits per heavy atom. The Labute approximate surface area is 137 Å². The quantitative estimate of drug-likeness (QED) is 0.883. The lowest BCUT2D eigenvalue weighted by Crippen LogP contribution is -2.15. The third kappa shape index (κ3) is 4.35. The van der Waals surface area contributed by atoms with Gasteiger partial charge in [0.15, 0.2) is 0 Å². The number of aryl methyl sites for hydroxylation is 1. The van der Waals surface area contributed by atoms with Gasteiger partial charge < -0.3 is 10.1 Å². The van der Waals surface area contributed by atoms with Crippen molar-refractivity contribution < 1.29 is 9.53 Å². The molecule has 0 spiro atoms. The van der Waals surface area contributed by atoms with Crippen molar-refractivity contribution in [3.05, 3.63) is 59.7 Å². The average molecular weight is 309 g/mol. The van der Waals surface area contributed by atoms with Crippen LogP contribution in [0.3, 0.4) is 0 Å². The molecule has 1 aliphatic carbocycles. The van der Waals surface area contributed by atoms with E-state index in [-0.39, 0.29) is 5.91 Å². The molecule has 0 atom stereocenters. The van der Waals surface area contributed by atoms with Crippen molar-refractivity contribution in [1.82, 2.24) is 0 Å². The van der Waals surface area contributed by atoms with Gasteiger partial charge >= 0.3 is 0 Å². The summed E-state index contributed by atoms with van der Waals surface area (Å²) in [6.45, 7) is 2.03. The molecular weight excluding hydrogens is 286 g/mol. The number of rotatable bonds is 5. The Kier molecular flexibility index (Phi) is 4.96. The van der Waals surface area contributed by atoms with Crippen molar-refractivity contribution in [2.45, 2.75) is 45.1 Å². The number of benzene rings is 2. The maximum Gasteiger partial charge on any atom is 0.228 e. The molecule has 1 N–H and O–H groups in total. The van der Waals surface area contributed by atoms with Gasteiger partial charge in [0.05, 0.1) is 12.5 Å². The number of anilines is 1. The van der Waals surface area contributed by atoms with Crippen LogP contribution in [0.4, 0.5) is 5.69 Å². The molecule has 2 aromatic rings. The molecular formula is C20H23NO2. The predicted octanol–water partition coefficient (Wildman–Crippen LogP) is 4.50. The molecule has 2 aromatic carbocycles. The summed E-state index contributed by atoms with van der Waals surface area (Å²) < 4.78 is 5.98. The van der Waals surface area contributed by atoms with E-state index < -0.39 is 0 Å². The fraction of sp³-hybridized carbons (Fsp3) is 0.350. The zero-order chi connectivity index (χ0) is 16.1. The number of nitrogens with one attached hydrogen (secondary N) is 1. The van der Waals surface area contributed by atoms with Gasteiger partial charge in [-0.25, -0.2) is 0 Å². The molecule has 3 heteroatoms. The fourth-order valence-electron chi connectivity index (χ4n) is 3.03. The number of amides is 1. The van der Waals surface area contributed by atoms with Crippen LogP contribution in [-0.2, 0) is 11.2 Å². The minimum absolute atomic E-state index is 0.00248. The highest BCUT2D eigenvalue weighted by atomic mass is 16.5. The highest BCUT2D eigenvalue weighted by molar-refractivity contribution is 5.92. The van der Waals surface area contributed by atoms with Gasteiger partial charge in [0.1, 0.15) is 5.75 Å². The standard InChI is InChI=1S/C20H23NO2/c1-15-7-2-3-8-16(15)13-20(22)21-17-9-6-12-19(14-17)23-18-10-4-5-11-18/h2-3,6-9,12,14,18H,4-5,10-11,13H2,1H3,(H,21,22). The molecule has 1 saturated carbocycles. The van der Waals surface area contributed by atoms with E-state index in [9.17, 15) is 4.79 Å². The number of carbonyl (C=O) groups is 1. The minimum Gasteiger partial charge on any atom is -0.490 e. The van der Waals surface area contributed by atoms with Gasteiger partial charge in [-0.1, -0.05) is 30.3 Å². The van der Waals surface area contributed by atoms with Crippen LogP contribution in [0.15, 0.2) is 48.5 Å². The lowest BCUT2D eigenvalue weighted by Gasteiger charge is -2.14. The number of hydrogen-bond acceptors (Lipinski definition) is 2. The van der Waals surface area contributed by atoms with Crippen molar-refractivity contribution in [2.24, 2.45) is 0 Å². The monoisotopic (exact) mass is 309 g/mol. The fourth-order valence-corrected chi connectivity index (χ4v) is 3.03. The molecule has 120 valence electrons. The summed E-state index contributed by atoms with van der Waals surface area (Å²) in [5, 5.41) is 2.96. The molecule has 3 nitrogen and oxygen atoms in total. The summed E-state index contributed by atoms with van der Waals surface area (Å²) in [5.41, 5.74) is 2.99. The van der Waals surface area contributed by atoms with E-state index >= 15 is 0 Å². The van der Waals surface area contributed by atoms with Crippen LogP contribution in [0.1, 0.15) is 36.8 Å². The summed E-state index contributed by atoms with van der Waals surface area (Å²) in [5.74, 6) is 0.836. The van der Waals surface area contributed by atoms with E-state index in [1.807, 2.05) is 55.5 Å². The first-order chi connectivity index (χ1) is 11.2. The molecule has 0 aromatic heterocycles. The van der Waals surface area contributed by atoms with Crippen LogP contribution in [0.5, 0.6) is 5.75 Å². The molecule has 1 fully saturated rings. The molecule has 0 heterocycles. The molecule has 23 heavy (non-hydrogen) atoms. The lowest BCUT2D eigenvalue weighted by molar-refractivity contribution is -0.115. The zero-order valence-electron chi connectivity index (χ0n) is 13.5. The van der Waals surface area contributed by atoms with Gasteiger partial charge in [-0.2, -0.15) is 0 Å². The lowest BCUT2D eigenvalue weighted by atomic mass is 10.1. The predicted molar refractivity (Wildman–Crippen MR) is 92.8 cm³/mol. The zero-order valence-corrected chi connectivity index (χ0v) is 13.5. The van der Waals surface area contributed by atoms with Gasteiger partial charge in [0, 0.05) is 11.8 Å². The summed E-state index contributed by atoms with van der Waals surface area (Å²) >= 11 is 0. The third-order valence-corrected chi connectivity index (χ3v) is 4.34. The van der Waals surface area contributed by atoms with E-state index in [0.29, 0.717) is 12.5 Å². The van der Waals surface area contributed by atoms with E-state index in [2.05, 4.69) is 5.32 Å². The Balaban J connectivity index is 1.61. The second-order valence-corrected chi connectivity index (χ2v) is 6.20. The van der Waals surface area contributed by atoms with Crippen LogP contribution < -0.4 is 10.1 Å². The van der Waals surface area contributed by atoms with Gasteiger partial charge in [-0.05, 0) is 55.9 Å².